The number of aryl methyl sites for hydroxylation is 1. The third kappa shape index (κ3) is 6.69. The summed E-state index contributed by atoms with van der Waals surface area (Å²) in [5.74, 6) is -0.361. The number of halogens is 2. The Morgan fingerprint density at radius 2 is 1.89 bits per heavy atom. The standard InChI is InChI=1S/C27H22FIN2O5S/c1-16-4-3-5-20(10-16)30-24(32)15-36-25-21(29)11-18(12-22(25)35-2)13-23-26(33)31(27(34)37-23)14-17-6-8-19(28)9-7-17/h3-13H,14-15H2,1-2H3,(H,30,32)/b23-13-. The SMILES string of the molecule is COc1cc(/C=C2\SC(=O)N(Cc3ccc(F)cc3)C2=O)cc(I)c1OCC(=O)Nc1cccc(C)c1. The number of ether oxygens (including phenoxy) is 2. The predicted molar refractivity (Wildman–Crippen MR) is 149 cm³/mol. The minimum Gasteiger partial charge on any atom is -0.493 e. The van der Waals surface area contributed by atoms with Crippen LogP contribution in [0.15, 0.2) is 65.6 Å². The number of carbonyl (C=O) groups is 3. The summed E-state index contributed by atoms with van der Waals surface area (Å²) >= 11 is 2.90. The molecule has 0 atom stereocenters. The normalized spacial score (nSPS) is 14.3. The van der Waals surface area contributed by atoms with Gasteiger partial charge in [0.25, 0.3) is 17.1 Å². The zero-order valence-corrected chi connectivity index (χ0v) is 22.9. The summed E-state index contributed by atoms with van der Waals surface area (Å²) in [7, 11) is 1.48. The number of nitrogens with zero attached hydrogens (tertiary/aromatic N) is 1. The summed E-state index contributed by atoms with van der Waals surface area (Å²) in [5.41, 5.74) is 2.98. The third-order valence-electron chi connectivity index (χ3n) is 5.33. The number of anilines is 1. The molecule has 1 aliphatic heterocycles. The van der Waals surface area contributed by atoms with Gasteiger partial charge in [-0.2, -0.15) is 0 Å². The van der Waals surface area contributed by atoms with Crippen LogP contribution in [0.2, 0.25) is 0 Å². The number of hydrogen-bond acceptors (Lipinski definition) is 6. The van der Waals surface area contributed by atoms with Crippen LogP contribution >= 0.6 is 34.4 Å². The van der Waals surface area contributed by atoms with E-state index in [1.54, 1.807) is 24.3 Å². The molecule has 0 radical (unpaired) electrons. The van der Waals surface area contributed by atoms with Gasteiger partial charge in [-0.15, -0.1) is 0 Å². The number of imide groups is 1. The Bertz CT molecular complexity index is 1390. The van der Waals surface area contributed by atoms with Crippen molar-refractivity contribution in [1.82, 2.24) is 4.90 Å². The van der Waals surface area contributed by atoms with Gasteiger partial charge in [-0.05, 0) is 100 Å². The van der Waals surface area contributed by atoms with Crippen LogP contribution in [0, 0.1) is 16.3 Å². The van der Waals surface area contributed by atoms with Gasteiger partial charge in [0.15, 0.2) is 18.1 Å². The maximum absolute atomic E-state index is 13.2. The molecule has 7 nitrogen and oxygen atoms in total. The number of amides is 3. The fraction of sp³-hybridized carbons (Fsp3) is 0.148. The van der Waals surface area contributed by atoms with E-state index in [-0.39, 0.29) is 29.8 Å². The fourth-order valence-corrected chi connectivity index (χ4v) is 5.20. The molecule has 10 heteroatoms. The van der Waals surface area contributed by atoms with Crippen molar-refractivity contribution >= 4 is 63.2 Å². The van der Waals surface area contributed by atoms with Crippen LogP contribution in [0.5, 0.6) is 11.5 Å². The number of rotatable bonds is 8. The van der Waals surface area contributed by atoms with Crippen molar-refractivity contribution in [3.05, 3.63) is 91.6 Å². The largest absolute Gasteiger partial charge is 0.493 e. The van der Waals surface area contributed by atoms with Gasteiger partial charge in [0, 0.05) is 5.69 Å². The van der Waals surface area contributed by atoms with Crippen LogP contribution in [0.3, 0.4) is 0 Å². The highest BCUT2D eigenvalue weighted by Crippen LogP contribution is 2.37. The van der Waals surface area contributed by atoms with Crippen molar-refractivity contribution in [2.75, 3.05) is 19.0 Å². The lowest BCUT2D eigenvalue weighted by molar-refractivity contribution is -0.123. The summed E-state index contributed by atoms with van der Waals surface area (Å²) < 4.78 is 25.1. The van der Waals surface area contributed by atoms with Crippen molar-refractivity contribution < 1.29 is 28.2 Å². The number of thioether (sulfide) groups is 1. The molecule has 37 heavy (non-hydrogen) atoms. The van der Waals surface area contributed by atoms with E-state index in [0.717, 1.165) is 22.2 Å². The molecule has 1 fully saturated rings. The number of methoxy groups -OCH3 is 1. The van der Waals surface area contributed by atoms with Crippen molar-refractivity contribution in [2.24, 2.45) is 0 Å². The van der Waals surface area contributed by atoms with Crippen molar-refractivity contribution in [1.29, 1.82) is 0 Å². The van der Waals surface area contributed by atoms with Crippen LogP contribution in [0.1, 0.15) is 16.7 Å². The molecule has 0 aliphatic carbocycles. The van der Waals surface area contributed by atoms with E-state index < -0.39 is 11.1 Å². The minimum absolute atomic E-state index is 0.0561. The van der Waals surface area contributed by atoms with Gasteiger partial charge in [-0.3, -0.25) is 19.3 Å². The summed E-state index contributed by atoms with van der Waals surface area (Å²) in [4.78, 5) is 39.1. The van der Waals surface area contributed by atoms with E-state index in [4.69, 9.17) is 9.47 Å². The van der Waals surface area contributed by atoms with E-state index in [1.165, 1.54) is 31.4 Å². The number of carbonyl (C=O) groups excluding carboxylic acids is 3. The van der Waals surface area contributed by atoms with E-state index in [9.17, 15) is 18.8 Å². The van der Waals surface area contributed by atoms with Gasteiger partial charge in [0.05, 0.1) is 22.1 Å². The molecule has 0 unspecified atom stereocenters. The van der Waals surface area contributed by atoms with Gasteiger partial charge >= 0.3 is 0 Å². The molecule has 0 saturated carbocycles. The van der Waals surface area contributed by atoms with Gasteiger partial charge in [0.1, 0.15) is 5.82 Å². The Balaban J connectivity index is 1.46. The van der Waals surface area contributed by atoms with E-state index >= 15 is 0 Å². The van der Waals surface area contributed by atoms with Crippen LogP contribution < -0.4 is 14.8 Å². The minimum atomic E-state index is -0.429. The quantitative estimate of drug-likeness (QED) is 0.242. The molecule has 190 valence electrons. The third-order valence-corrected chi connectivity index (χ3v) is 7.04. The first kappa shape index (κ1) is 26.7. The lowest BCUT2D eigenvalue weighted by Crippen LogP contribution is -2.27. The molecule has 3 aromatic carbocycles. The van der Waals surface area contributed by atoms with Gasteiger partial charge in [-0.25, -0.2) is 4.39 Å². The summed E-state index contributed by atoms with van der Waals surface area (Å²) in [5, 5.41) is 2.39. The van der Waals surface area contributed by atoms with Gasteiger partial charge in [-0.1, -0.05) is 24.3 Å². The van der Waals surface area contributed by atoms with Crippen molar-refractivity contribution in [3.63, 3.8) is 0 Å². The summed E-state index contributed by atoms with van der Waals surface area (Å²) in [6, 6.07) is 16.5. The molecule has 4 rings (SSSR count). The molecule has 1 aliphatic rings. The Morgan fingerprint density at radius 3 is 2.59 bits per heavy atom. The molecular weight excluding hydrogens is 610 g/mol. The maximum atomic E-state index is 13.2. The smallest absolute Gasteiger partial charge is 0.293 e. The predicted octanol–water partition coefficient (Wildman–Crippen LogP) is 6.00. The number of hydrogen-bond donors (Lipinski definition) is 1. The molecule has 1 N–H and O–H groups in total. The van der Waals surface area contributed by atoms with E-state index in [0.29, 0.717) is 31.9 Å². The average molecular weight is 632 g/mol. The van der Waals surface area contributed by atoms with Crippen LogP contribution in [0.25, 0.3) is 6.08 Å². The maximum Gasteiger partial charge on any atom is 0.293 e. The second-order valence-electron chi connectivity index (χ2n) is 8.13. The molecule has 0 bridgehead atoms. The topological polar surface area (TPSA) is 84.9 Å². The second-order valence-corrected chi connectivity index (χ2v) is 10.3. The van der Waals surface area contributed by atoms with Crippen LogP contribution in [-0.2, 0) is 16.1 Å². The first-order valence-corrected chi connectivity index (χ1v) is 13.0. The fourth-order valence-electron chi connectivity index (χ4n) is 3.58. The molecular formula is C27H22FIN2O5S. The molecule has 1 heterocycles. The molecule has 0 aromatic heterocycles. The highest BCUT2D eigenvalue weighted by atomic mass is 127. The Labute approximate surface area is 231 Å². The Kier molecular flexibility index (Phi) is 8.49. The molecule has 3 aromatic rings. The average Bonchev–Trinajstić information content (AvgIpc) is 3.11. The number of nitrogens with one attached hydrogen (secondary N) is 1. The monoisotopic (exact) mass is 632 g/mol. The van der Waals surface area contributed by atoms with E-state index in [1.807, 2.05) is 25.1 Å². The highest BCUT2D eigenvalue weighted by molar-refractivity contribution is 14.1. The zero-order chi connectivity index (χ0) is 26.5. The molecule has 3 amide bonds. The van der Waals surface area contributed by atoms with Crippen molar-refractivity contribution in [3.8, 4) is 11.5 Å². The first-order chi connectivity index (χ1) is 17.7. The number of benzene rings is 3. The summed E-state index contributed by atoms with van der Waals surface area (Å²) in [6.07, 6.45) is 1.61. The van der Waals surface area contributed by atoms with Gasteiger partial charge in [0.2, 0.25) is 0 Å². The van der Waals surface area contributed by atoms with Crippen LogP contribution in [-0.4, -0.2) is 35.7 Å². The lowest BCUT2D eigenvalue weighted by atomic mass is 10.1. The zero-order valence-electron chi connectivity index (χ0n) is 19.9. The van der Waals surface area contributed by atoms with Gasteiger partial charge < -0.3 is 14.8 Å². The molecule has 0 spiro atoms. The van der Waals surface area contributed by atoms with Crippen LogP contribution in [0.4, 0.5) is 14.9 Å². The first-order valence-electron chi connectivity index (χ1n) is 11.1. The Morgan fingerprint density at radius 1 is 1.14 bits per heavy atom. The lowest BCUT2D eigenvalue weighted by Gasteiger charge is -2.14. The highest BCUT2D eigenvalue weighted by Gasteiger charge is 2.35. The molecule has 1 saturated heterocycles. The summed E-state index contributed by atoms with van der Waals surface area (Å²) in [6.45, 7) is 1.77. The Hall–Kier alpha value is -3.38. The van der Waals surface area contributed by atoms with Crippen molar-refractivity contribution in [2.45, 2.75) is 13.5 Å². The van der Waals surface area contributed by atoms with E-state index in [2.05, 4.69) is 27.9 Å². The second kappa shape index (κ2) is 11.8.